The average molecular weight is 266 g/mol. The highest BCUT2D eigenvalue weighted by molar-refractivity contribution is 6.01. The molecule has 0 unspecified atom stereocenters. The van der Waals surface area contributed by atoms with Gasteiger partial charge in [-0.2, -0.15) is 10.4 Å². The van der Waals surface area contributed by atoms with Gasteiger partial charge in [-0.15, -0.1) is 0 Å². The SMILES string of the molecule is CCc1ccc(-c2[nH]ncc2/C=C(\C#N)C(N)=O)cc1. The molecule has 0 fully saturated rings. The maximum atomic E-state index is 11.1. The van der Waals surface area contributed by atoms with Crippen LogP contribution in [-0.4, -0.2) is 16.1 Å². The van der Waals surface area contributed by atoms with Gasteiger partial charge in [-0.05, 0) is 18.1 Å². The molecule has 0 spiro atoms. The number of carbonyl (C=O) groups is 1. The smallest absolute Gasteiger partial charge is 0.259 e. The molecular weight excluding hydrogens is 252 g/mol. The van der Waals surface area contributed by atoms with Crippen LogP contribution in [0.4, 0.5) is 0 Å². The summed E-state index contributed by atoms with van der Waals surface area (Å²) in [5.41, 5.74) is 8.61. The average Bonchev–Trinajstić information content (AvgIpc) is 2.92. The lowest BCUT2D eigenvalue weighted by molar-refractivity contribution is -0.114. The van der Waals surface area contributed by atoms with E-state index >= 15 is 0 Å². The van der Waals surface area contributed by atoms with Gasteiger partial charge in [-0.3, -0.25) is 9.89 Å². The Balaban J connectivity index is 2.42. The summed E-state index contributed by atoms with van der Waals surface area (Å²) in [5.74, 6) is -0.749. The number of hydrogen-bond donors (Lipinski definition) is 2. The summed E-state index contributed by atoms with van der Waals surface area (Å²) in [6.07, 6.45) is 3.97. The van der Waals surface area contributed by atoms with Crippen molar-refractivity contribution in [3.05, 3.63) is 47.2 Å². The molecule has 1 heterocycles. The highest BCUT2D eigenvalue weighted by atomic mass is 16.1. The molecule has 0 atom stereocenters. The van der Waals surface area contributed by atoms with E-state index in [1.165, 1.54) is 11.6 Å². The first kappa shape index (κ1) is 13.6. The lowest BCUT2D eigenvalue weighted by atomic mass is 10.0. The van der Waals surface area contributed by atoms with E-state index < -0.39 is 5.91 Å². The number of aromatic nitrogens is 2. The Hall–Kier alpha value is -2.87. The second-order valence-electron chi connectivity index (χ2n) is 4.28. The van der Waals surface area contributed by atoms with E-state index in [9.17, 15) is 4.79 Å². The number of benzene rings is 1. The monoisotopic (exact) mass is 266 g/mol. The number of nitrogens with zero attached hydrogens (tertiary/aromatic N) is 2. The zero-order valence-electron chi connectivity index (χ0n) is 11.1. The molecule has 0 aliphatic carbocycles. The minimum atomic E-state index is -0.749. The number of primary amides is 1. The summed E-state index contributed by atoms with van der Waals surface area (Å²) < 4.78 is 0. The van der Waals surface area contributed by atoms with E-state index in [1.807, 2.05) is 24.3 Å². The zero-order chi connectivity index (χ0) is 14.5. The van der Waals surface area contributed by atoms with E-state index in [2.05, 4.69) is 17.1 Å². The van der Waals surface area contributed by atoms with Crippen molar-refractivity contribution in [2.24, 2.45) is 5.73 Å². The summed E-state index contributed by atoms with van der Waals surface area (Å²) >= 11 is 0. The molecule has 0 radical (unpaired) electrons. The van der Waals surface area contributed by atoms with Crippen LogP contribution in [0, 0.1) is 11.3 Å². The normalized spacial score (nSPS) is 11.1. The number of nitrogens with one attached hydrogen (secondary N) is 1. The van der Waals surface area contributed by atoms with Gasteiger partial charge in [-0.25, -0.2) is 0 Å². The fraction of sp³-hybridized carbons (Fsp3) is 0.133. The Bertz CT molecular complexity index is 689. The molecule has 1 amide bonds. The fourth-order valence-corrected chi connectivity index (χ4v) is 1.86. The Morgan fingerprint density at radius 3 is 2.70 bits per heavy atom. The molecule has 0 bridgehead atoms. The molecule has 20 heavy (non-hydrogen) atoms. The molecule has 5 nitrogen and oxygen atoms in total. The number of H-pyrrole nitrogens is 1. The van der Waals surface area contributed by atoms with Crippen molar-refractivity contribution < 1.29 is 4.79 Å². The van der Waals surface area contributed by atoms with Crippen molar-refractivity contribution in [2.45, 2.75) is 13.3 Å². The van der Waals surface area contributed by atoms with Gasteiger partial charge in [0, 0.05) is 11.1 Å². The Kier molecular flexibility index (Phi) is 3.96. The Morgan fingerprint density at radius 2 is 2.15 bits per heavy atom. The van der Waals surface area contributed by atoms with Gasteiger partial charge in [-0.1, -0.05) is 31.2 Å². The number of amides is 1. The minimum absolute atomic E-state index is 0.0992. The number of aromatic amines is 1. The van der Waals surface area contributed by atoms with E-state index in [4.69, 9.17) is 11.0 Å². The molecule has 3 N–H and O–H groups in total. The maximum Gasteiger partial charge on any atom is 0.259 e. The molecule has 100 valence electrons. The Morgan fingerprint density at radius 1 is 1.45 bits per heavy atom. The van der Waals surface area contributed by atoms with Gasteiger partial charge in [0.2, 0.25) is 0 Å². The lowest BCUT2D eigenvalue weighted by Crippen LogP contribution is -2.12. The largest absolute Gasteiger partial charge is 0.365 e. The number of carbonyl (C=O) groups excluding carboxylic acids is 1. The summed E-state index contributed by atoms with van der Waals surface area (Å²) in [4.78, 5) is 11.1. The van der Waals surface area contributed by atoms with Gasteiger partial charge in [0.25, 0.3) is 5.91 Å². The van der Waals surface area contributed by atoms with Crippen molar-refractivity contribution in [1.82, 2.24) is 10.2 Å². The number of rotatable bonds is 4. The second kappa shape index (κ2) is 5.85. The third-order valence-corrected chi connectivity index (χ3v) is 3.01. The summed E-state index contributed by atoms with van der Waals surface area (Å²) in [6, 6.07) is 9.79. The van der Waals surface area contributed by atoms with Crippen molar-refractivity contribution in [2.75, 3.05) is 0 Å². The standard InChI is InChI=1S/C15H14N4O/c1-2-10-3-5-11(6-4-10)14-13(9-18-19-14)7-12(8-16)15(17)20/h3-7,9H,2H2,1H3,(H2,17,20)(H,18,19)/b12-7+. The van der Waals surface area contributed by atoms with E-state index in [-0.39, 0.29) is 5.57 Å². The maximum absolute atomic E-state index is 11.1. The first-order valence-electron chi connectivity index (χ1n) is 6.20. The molecule has 0 saturated heterocycles. The molecule has 1 aromatic carbocycles. The van der Waals surface area contributed by atoms with E-state index in [0.29, 0.717) is 5.56 Å². The van der Waals surface area contributed by atoms with Gasteiger partial charge >= 0.3 is 0 Å². The van der Waals surface area contributed by atoms with Crippen molar-refractivity contribution >= 4 is 12.0 Å². The molecular formula is C15H14N4O. The van der Waals surface area contributed by atoms with Crippen LogP contribution in [0.5, 0.6) is 0 Å². The molecule has 0 aliphatic heterocycles. The fourth-order valence-electron chi connectivity index (χ4n) is 1.86. The highest BCUT2D eigenvalue weighted by Gasteiger charge is 2.09. The van der Waals surface area contributed by atoms with Crippen LogP contribution in [0.2, 0.25) is 0 Å². The molecule has 0 saturated carbocycles. The second-order valence-corrected chi connectivity index (χ2v) is 4.28. The quantitative estimate of drug-likeness (QED) is 0.654. The number of nitriles is 1. The van der Waals surface area contributed by atoms with Gasteiger partial charge in [0.05, 0.1) is 11.9 Å². The van der Waals surface area contributed by atoms with Crippen LogP contribution in [-0.2, 0) is 11.2 Å². The topological polar surface area (TPSA) is 95.6 Å². The third kappa shape index (κ3) is 2.75. The number of aryl methyl sites for hydroxylation is 1. The van der Waals surface area contributed by atoms with Gasteiger partial charge in [0.15, 0.2) is 0 Å². The summed E-state index contributed by atoms with van der Waals surface area (Å²) in [5, 5.41) is 15.7. The lowest BCUT2D eigenvalue weighted by Gasteiger charge is -2.02. The van der Waals surface area contributed by atoms with Crippen molar-refractivity contribution in [3.8, 4) is 17.3 Å². The molecule has 5 heteroatoms. The molecule has 0 aliphatic rings. The van der Waals surface area contributed by atoms with E-state index in [0.717, 1.165) is 17.7 Å². The summed E-state index contributed by atoms with van der Waals surface area (Å²) in [7, 11) is 0. The van der Waals surface area contributed by atoms with Gasteiger partial charge in [0.1, 0.15) is 11.6 Å². The number of hydrogen-bond acceptors (Lipinski definition) is 3. The van der Waals surface area contributed by atoms with Crippen LogP contribution in [0.25, 0.3) is 17.3 Å². The zero-order valence-corrected chi connectivity index (χ0v) is 11.1. The van der Waals surface area contributed by atoms with Crippen LogP contribution in [0.15, 0.2) is 36.0 Å². The summed E-state index contributed by atoms with van der Waals surface area (Å²) in [6.45, 7) is 2.09. The van der Waals surface area contributed by atoms with Gasteiger partial charge < -0.3 is 5.73 Å². The van der Waals surface area contributed by atoms with E-state index in [1.54, 1.807) is 12.3 Å². The van der Waals surface area contributed by atoms with Crippen LogP contribution in [0.1, 0.15) is 18.1 Å². The highest BCUT2D eigenvalue weighted by Crippen LogP contribution is 2.23. The molecule has 2 aromatic rings. The first-order chi connectivity index (χ1) is 9.65. The predicted octanol–water partition coefficient (Wildman–Crippen LogP) is 2.03. The molecule has 2 rings (SSSR count). The van der Waals surface area contributed by atoms with Crippen molar-refractivity contribution in [1.29, 1.82) is 5.26 Å². The third-order valence-electron chi connectivity index (χ3n) is 3.01. The molecule has 1 aromatic heterocycles. The number of nitrogens with two attached hydrogens (primary N) is 1. The predicted molar refractivity (Wildman–Crippen MR) is 76.2 cm³/mol. The van der Waals surface area contributed by atoms with Crippen molar-refractivity contribution in [3.63, 3.8) is 0 Å². The minimum Gasteiger partial charge on any atom is -0.365 e. The Labute approximate surface area is 116 Å². The van der Waals surface area contributed by atoms with Crippen LogP contribution in [0.3, 0.4) is 0 Å². The van der Waals surface area contributed by atoms with Crippen LogP contribution >= 0.6 is 0 Å². The first-order valence-corrected chi connectivity index (χ1v) is 6.20. The van der Waals surface area contributed by atoms with Crippen LogP contribution < -0.4 is 5.73 Å².